The maximum absolute atomic E-state index is 12.7. The van der Waals surface area contributed by atoms with E-state index in [0.29, 0.717) is 18.7 Å². The number of amides is 2. The SMILES string of the molecule is CC(C)CNC(=O)Nc1cc([N+](=O)[O-])cc(C(F)(F)F)c1. The van der Waals surface area contributed by atoms with Gasteiger partial charge in [0.2, 0.25) is 0 Å². The summed E-state index contributed by atoms with van der Waals surface area (Å²) in [5, 5.41) is 15.2. The highest BCUT2D eigenvalue weighted by atomic mass is 19.4. The zero-order valence-corrected chi connectivity index (χ0v) is 11.3. The number of hydrogen-bond acceptors (Lipinski definition) is 3. The summed E-state index contributed by atoms with van der Waals surface area (Å²) in [5.41, 5.74) is -2.24. The molecule has 0 saturated carbocycles. The molecule has 0 atom stereocenters. The summed E-state index contributed by atoms with van der Waals surface area (Å²) in [5.74, 6) is 0.159. The minimum atomic E-state index is -4.74. The molecule has 0 aliphatic rings. The van der Waals surface area contributed by atoms with Crippen LogP contribution in [0.4, 0.5) is 29.3 Å². The molecule has 1 aromatic rings. The number of nitro groups is 1. The molecule has 1 rings (SSSR count). The van der Waals surface area contributed by atoms with Gasteiger partial charge in [0.15, 0.2) is 0 Å². The first-order chi connectivity index (χ1) is 9.59. The minimum Gasteiger partial charge on any atom is -0.338 e. The van der Waals surface area contributed by atoms with Gasteiger partial charge in [-0.25, -0.2) is 4.79 Å². The lowest BCUT2D eigenvalue weighted by molar-refractivity contribution is -0.385. The van der Waals surface area contributed by atoms with E-state index in [-0.39, 0.29) is 11.6 Å². The number of alkyl halides is 3. The summed E-state index contributed by atoms with van der Waals surface area (Å²) in [6.45, 7) is 4.01. The Labute approximate surface area is 118 Å². The predicted molar refractivity (Wildman–Crippen MR) is 70.0 cm³/mol. The van der Waals surface area contributed by atoms with Crippen molar-refractivity contribution in [1.82, 2.24) is 5.32 Å². The molecular formula is C12H14F3N3O3. The number of halogens is 3. The molecule has 0 aliphatic carbocycles. The Bertz CT molecular complexity index is 544. The van der Waals surface area contributed by atoms with E-state index in [1.54, 1.807) is 0 Å². The largest absolute Gasteiger partial charge is 0.416 e. The van der Waals surface area contributed by atoms with Crippen molar-refractivity contribution in [1.29, 1.82) is 0 Å². The van der Waals surface area contributed by atoms with Gasteiger partial charge in [-0.05, 0) is 12.0 Å². The number of anilines is 1. The summed E-state index contributed by atoms with van der Waals surface area (Å²) in [6, 6.07) is 1.20. The number of benzene rings is 1. The van der Waals surface area contributed by atoms with E-state index in [2.05, 4.69) is 10.6 Å². The van der Waals surface area contributed by atoms with Gasteiger partial charge in [0.05, 0.1) is 10.5 Å². The highest BCUT2D eigenvalue weighted by Gasteiger charge is 2.33. The van der Waals surface area contributed by atoms with Crippen molar-refractivity contribution in [2.45, 2.75) is 20.0 Å². The quantitative estimate of drug-likeness (QED) is 0.660. The average Bonchev–Trinajstić information content (AvgIpc) is 2.34. The van der Waals surface area contributed by atoms with Crippen molar-refractivity contribution in [2.24, 2.45) is 5.92 Å². The lowest BCUT2D eigenvalue weighted by Crippen LogP contribution is -2.31. The predicted octanol–water partition coefficient (Wildman–Crippen LogP) is 3.39. The van der Waals surface area contributed by atoms with E-state index in [0.717, 1.165) is 6.07 Å². The first kappa shape index (κ1) is 16.7. The van der Waals surface area contributed by atoms with Gasteiger partial charge >= 0.3 is 12.2 Å². The third kappa shape index (κ3) is 5.28. The lowest BCUT2D eigenvalue weighted by atomic mass is 10.1. The molecule has 0 aromatic heterocycles. The zero-order valence-electron chi connectivity index (χ0n) is 11.3. The molecule has 21 heavy (non-hydrogen) atoms. The Balaban J connectivity index is 2.98. The number of nitro benzene ring substituents is 1. The summed E-state index contributed by atoms with van der Waals surface area (Å²) >= 11 is 0. The van der Waals surface area contributed by atoms with Crippen LogP contribution in [0.5, 0.6) is 0 Å². The summed E-state index contributed by atoms with van der Waals surface area (Å²) in [7, 11) is 0. The zero-order chi connectivity index (χ0) is 16.2. The molecular weight excluding hydrogens is 291 g/mol. The van der Waals surface area contributed by atoms with E-state index in [9.17, 15) is 28.1 Å². The van der Waals surface area contributed by atoms with Crippen LogP contribution in [0.3, 0.4) is 0 Å². The van der Waals surface area contributed by atoms with Crippen LogP contribution in [0.1, 0.15) is 19.4 Å². The molecule has 2 N–H and O–H groups in total. The average molecular weight is 305 g/mol. The number of carbonyl (C=O) groups is 1. The first-order valence-corrected chi connectivity index (χ1v) is 6.01. The second-order valence-electron chi connectivity index (χ2n) is 4.75. The van der Waals surface area contributed by atoms with Gasteiger partial charge < -0.3 is 10.6 Å². The van der Waals surface area contributed by atoms with Crippen molar-refractivity contribution >= 4 is 17.4 Å². The Hall–Kier alpha value is -2.32. The second-order valence-corrected chi connectivity index (χ2v) is 4.75. The fourth-order valence-corrected chi connectivity index (χ4v) is 1.42. The highest BCUT2D eigenvalue weighted by Crippen LogP contribution is 2.33. The number of nitrogens with zero attached hydrogens (tertiary/aromatic N) is 1. The second kappa shape index (κ2) is 6.42. The fourth-order valence-electron chi connectivity index (χ4n) is 1.42. The van der Waals surface area contributed by atoms with Crippen LogP contribution in [-0.2, 0) is 6.18 Å². The van der Waals surface area contributed by atoms with Crippen LogP contribution in [0.2, 0.25) is 0 Å². The van der Waals surface area contributed by atoms with Gasteiger partial charge in [-0.3, -0.25) is 10.1 Å². The monoisotopic (exact) mass is 305 g/mol. The van der Waals surface area contributed by atoms with E-state index in [1.807, 2.05) is 13.8 Å². The first-order valence-electron chi connectivity index (χ1n) is 6.01. The summed E-state index contributed by atoms with van der Waals surface area (Å²) in [4.78, 5) is 21.2. The lowest BCUT2D eigenvalue weighted by Gasteiger charge is -2.12. The van der Waals surface area contributed by atoms with Gasteiger partial charge in [-0.15, -0.1) is 0 Å². The highest BCUT2D eigenvalue weighted by molar-refractivity contribution is 5.89. The number of rotatable bonds is 4. The number of hydrogen-bond donors (Lipinski definition) is 2. The van der Waals surface area contributed by atoms with Crippen molar-refractivity contribution < 1.29 is 22.9 Å². The van der Waals surface area contributed by atoms with Crippen LogP contribution in [0.15, 0.2) is 18.2 Å². The van der Waals surface area contributed by atoms with Crippen molar-refractivity contribution in [3.05, 3.63) is 33.9 Å². The van der Waals surface area contributed by atoms with Crippen LogP contribution in [0.25, 0.3) is 0 Å². The molecule has 6 nitrogen and oxygen atoms in total. The van der Waals surface area contributed by atoms with Gasteiger partial charge in [0, 0.05) is 24.4 Å². The fraction of sp³-hybridized carbons (Fsp3) is 0.417. The molecule has 116 valence electrons. The van der Waals surface area contributed by atoms with Gasteiger partial charge in [0.25, 0.3) is 5.69 Å². The van der Waals surface area contributed by atoms with Crippen LogP contribution < -0.4 is 10.6 Å². The molecule has 0 heterocycles. The topological polar surface area (TPSA) is 84.3 Å². The molecule has 0 unspecified atom stereocenters. The standard InChI is InChI=1S/C12H14F3N3O3/c1-7(2)6-16-11(19)17-9-3-8(12(13,14)15)4-10(5-9)18(20)21/h3-5,7H,6H2,1-2H3,(H2,16,17,19). The maximum atomic E-state index is 12.7. The number of non-ortho nitro benzene ring substituents is 1. The molecule has 0 radical (unpaired) electrons. The number of nitrogens with one attached hydrogen (secondary N) is 2. The number of carbonyl (C=O) groups excluding carboxylic acids is 1. The Morgan fingerprint density at radius 2 is 1.95 bits per heavy atom. The summed E-state index contributed by atoms with van der Waals surface area (Å²) < 4.78 is 38.0. The molecule has 1 aromatic carbocycles. The van der Waals surface area contributed by atoms with Gasteiger partial charge in [-0.1, -0.05) is 13.8 Å². The van der Waals surface area contributed by atoms with Crippen LogP contribution in [0, 0.1) is 16.0 Å². The molecule has 0 spiro atoms. The third-order valence-corrected chi connectivity index (χ3v) is 2.38. The normalized spacial score (nSPS) is 11.3. The van der Waals surface area contributed by atoms with Crippen LogP contribution in [-0.4, -0.2) is 17.5 Å². The van der Waals surface area contributed by atoms with E-state index >= 15 is 0 Å². The van der Waals surface area contributed by atoms with E-state index in [4.69, 9.17) is 0 Å². The van der Waals surface area contributed by atoms with Crippen molar-refractivity contribution in [2.75, 3.05) is 11.9 Å². The molecule has 0 bridgehead atoms. The Morgan fingerprint density at radius 1 is 1.33 bits per heavy atom. The third-order valence-electron chi connectivity index (χ3n) is 2.38. The minimum absolute atomic E-state index is 0.159. The smallest absolute Gasteiger partial charge is 0.338 e. The van der Waals surface area contributed by atoms with E-state index in [1.165, 1.54) is 0 Å². The maximum Gasteiger partial charge on any atom is 0.416 e. The summed E-state index contributed by atoms with van der Waals surface area (Å²) in [6.07, 6.45) is -4.74. The van der Waals surface area contributed by atoms with Crippen molar-refractivity contribution in [3.63, 3.8) is 0 Å². The Morgan fingerprint density at radius 3 is 2.43 bits per heavy atom. The van der Waals surface area contributed by atoms with Crippen LogP contribution >= 0.6 is 0 Å². The number of urea groups is 1. The molecule has 0 aliphatic heterocycles. The van der Waals surface area contributed by atoms with Crippen molar-refractivity contribution in [3.8, 4) is 0 Å². The molecule has 2 amide bonds. The molecule has 0 saturated heterocycles. The Kier molecular flexibility index (Phi) is 5.12. The molecule has 0 fully saturated rings. The molecule has 9 heteroatoms. The van der Waals surface area contributed by atoms with Gasteiger partial charge in [0.1, 0.15) is 0 Å². The van der Waals surface area contributed by atoms with Gasteiger partial charge in [-0.2, -0.15) is 13.2 Å². The van der Waals surface area contributed by atoms with E-state index < -0.39 is 28.4 Å².